The van der Waals surface area contributed by atoms with Gasteiger partial charge >= 0.3 is 0 Å². The van der Waals surface area contributed by atoms with E-state index in [1.54, 1.807) is 0 Å². The zero-order valence-corrected chi connectivity index (χ0v) is 12.5. The molecule has 3 aliphatic rings. The Labute approximate surface area is 125 Å². The van der Waals surface area contributed by atoms with E-state index in [1.807, 2.05) is 0 Å². The normalized spacial score (nSPS) is 35.0. The van der Waals surface area contributed by atoms with E-state index < -0.39 is 0 Å². The summed E-state index contributed by atoms with van der Waals surface area (Å²) in [7, 11) is 0. The Bertz CT molecular complexity index is 734. The third-order valence-electron chi connectivity index (χ3n) is 6.35. The minimum Gasteiger partial charge on any atom is -0.373 e. The van der Waals surface area contributed by atoms with Crippen molar-refractivity contribution in [1.29, 1.82) is 0 Å². The van der Waals surface area contributed by atoms with E-state index in [2.05, 4.69) is 40.7 Å². The van der Waals surface area contributed by atoms with Gasteiger partial charge in [-0.15, -0.1) is 0 Å². The average molecular weight is 282 g/mol. The first-order valence-corrected chi connectivity index (χ1v) is 8.26. The van der Waals surface area contributed by atoms with Gasteiger partial charge in [-0.05, 0) is 56.7 Å². The van der Waals surface area contributed by atoms with Gasteiger partial charge in [-0.1, -0.05) is 18.2 Å². The van der Waals surface area contributed by atoms with E-state index in [0.717, 1.165) is 12.8 Å². The summed E-state index contributed by atoms with van der Waals surface area (Å²) >= 11 is 0. The smallest absolute Gasteiger partial charge is 0.131 e. The highest BCUT2D eigenvalue weighted by molar-refractivity contribution is 5.86. The molecule has 1 fully saturated rings. The fourth-order valence-corrected chi connectivity index (χ4v) is 5.39. The third-order valence-corrected chi connectivity index (χ3v) is 6.35. The molecule has 1 aromatic heterocycles. The van der Waals surface area contributed by atoms with E-state index in [0.29, 0.717) is 5.92 Å². The van der Waals surface area contributed by atoms with Crippen molar-refractivity contribution < 1.29 is 5.11 Å². The molecule has 0 aliphatic carbocycles. The minimum atomic E-state index is -0.352. The molecule has 2 aromatic rings. The lowest BCUT2D eigenvalue weighted by atomic mass is 9.68. The van der Waals surface area contributed by atoms with Crippen LogP contribution < -0.4 is 0 Å². The quantitative estimate of drug-likeness (QED) is 0.804. The number of aliphatic hydroxyl groups is 1. The summed E-state index contributed by atoms with van der Waals surface area (Å²) in [6, 6.07) is 8.63. The van der Waals surface area contributed by atoms with Gasteiger partial charge in [0.25, 0.3) is 0 Å². The van der Waals surface area contributed by atoms with E-state index in [9.17, 15) is 5.11 Å². The van der Waals surface area contributed by atoms with E-state index in [4.69, 9.17) is 0 Å². The van der Waals surface area contributed by atoms with Crippen molar-refractivity contribution in [3.63, 3.8) is 0 Å². The molecule has 0 bridgehead atoms. The van der Waals surface area contributed by atoms with Gasteiger partial charge in [-0.3, -0.25) is 4.90 Å². The molecule has 110 valence electrons. The fourth-order valence-electron chi connectivity index (χ4n) is 5.39. The maximum absolute atomic E-state index is 10.8. The zero-order chi connectivity index (χ0) is 14.2. The van der Waals surface area contributed by atoms with Crippen LogP contribution in [0, 0.1) is 5.92 Å². The highest BCUT2D eigenvalue weighted by Crippen LogP contribution is 2.54. The molecule has 1 saturated heterocycles. The van der Waals surface area contributed by atoms with Crippen LogP contribution in [0.15, 0.2) is 24.3 Å². The number of piperidine rings is 1. The van der Waals surface area contributed by atoms with E-state index in [1.165, 1.54) is 48.1 Å². The summed E-state index contributed by atoms with van der Waals surface area (Å²) < 4.78 is 2.25. The van der Waals surface area contributed by atoms with Crippen LogP contribution in [-0.2, 0) is 12.0 Å². The number of rotatable bonds is 0. The van der Waals surface area contributed by atoms with E-state index >= 15 is 0 Å². The average Bonchev–Trinajstić information content (AvgIpc) is 2.83. The number of aliphatic hydroxyl groups excluding tert-OH is 1. The maximum Gasteiger partial charge on any atom is 0.131 e. The van der Waals surface area contributed by atoms with Crippen LogP contribution in [0.4, 0.5) is 0 Å². The summed E-state index contributed by atoms with van der Waals surface area (Å²) in [5.74, 6) is 0.595. The molecule has 0 spiro atoms. The van der Waals surface area contributed by atoms with Crippen LogP contribution in [0.25, 0.3) is 10.9 Å². The lowest BCUT2D eigenvalue weighted by Crippen LogP contribution is -2.59. The molecule has 1 aromatic carbocycles. The number of fused-ring (bicyclic) bond motifs is 3. The molecule has 0 radical (unpaired) electrons. The van der Waals surface area contributed by atoms with Crippen LogP contribution in [0.5, 0.6) is 0 Å². The number of para-hydroxylation sites is 1. The second kappa shape index (κ2) is 3.90. The second-order valence-corrected chi connectivity index (χ2v) is 7.15. The van der Waals surface area contributed by atoms with Crippen molar-refractivity contribution in [1.82, 2.24) is 9.47 Å². The first-order chi connectivity index (χ1) is 10.2. The van der Waals surface area contributed by atoms with Gasteiger partial charge < -0.3 is 9.67 Å². The van der Waals surface area contributed by atoms with Crippen molar-refractivity contribution in [3.8, 4) is 0 Å². The molecule has 0 unspecified atom stereocenters. The van der Waals surface area contributed by atoms with Crippen molar-refractivity contribution in [2.45, 2.75) is 44.4 Å². The molecular formula is C18H22N2O. The monoisotopic (exact) mass is 282 g/mol. The molecule has 3 aliphatic heterocycles. The van der Waals surface area contributed by atoms with Crippen LogP contribution in [0.2, 0.25) is 0 Å². The highest BCUT2D eigenvalue weighted by atomic mass is 16.3. The molecule has 3 nitrogen and oxygen atoms in total. The Morgan fingerprint density at radius 3 is 3.00 bits per heavy atom. The molecule has 3 atom stereocenters. The first-order valence-electron chi connectivity index (χ1n) is 8.26. The third kappa shape index (κ3) is 1.32. The van der Waals surface area contributed by atoms with Gasteiger partial charge in [-0.25, -0.2) is 0 Å². The van der Waals surface area contributed by atoms with Gasteiger partial charge in [0, 0.05) is 17.6 Å². The topological polar surface area (TPSA) is 28.4 Å². The van der Waals surface area contributed by atoms with E-state index in [-0.39, 0.29) is 11.8 Å². The van der Waals surface area contributed by atoms with Crippen LogP contribution in [-0.4, -0.2) is 27.7 Å². The molecule has 21 heavy (non-hydrogen) atoms. The fraction of sp³-hybridized carbons (Fsp3) is 0.556. The Hall–Kier alpha value is -1.32. The summed E-state index contributed by atoms with van der Waals surface area (Å²) in [6.07, 6.45) is 4.21. The SMILES string of the molecule is C[C@]12c3c4c5ccccc5n3[C@@H](O)C[C@@H]1CCCN2CC4. The van der Waals surface area contributed by atoms with Crippen LogP contribution in [0.3, 0.4) is 0 Å². The molecular weight excluding hydrogens is 260 g/mol. The number of hydrogen-bond donors (Lipinski definition) is 1. The molecule has 5 rings (SSSR count). The number of nitrogens with zero attached hydrogens (tertiary/aromatic N) is 2. The standard InChI is InChI=1S/C18H22N2O/c1-18-12-5-4-9-19(18)10-8-14-13-6-2-3-7-15(13)20(17(14)18)16(21)11-12/h2-3,6-7,12,16,21H,4-5,8-11H2,1H3/t12-,16-,18+/m0/s1. The summed E-state index contributed by atoms with van der Waals surface area (Å²) in [5.41, 5.74) is 4.26. The first kappa shape index (κ1) is 12.2. The summed E-state index contributed by atoms with van der Waals surface area (Å²) in [4.78, 5) is 2.69. The summed E-state index contributed by atoms with van der Waals surface area (Å²) in [5, 5.41) is 12.1. The molecule has 4 heterocycles. The van der Waals surface area contributed by atoms with Gasteiger partial charge in [0.2, 0.25) is 0 Å². The molecule has 3 heteroatoms. The largest absolute Gasteiger partial charge is 0.373 e. The molecule has 1 N–H and O–H groups in total. The van der Waals surface area contributed by atoms with Gasteiger partial charge in [0.1, 0.15) is 6.23 Å². The van der Waals surface area contributed by atoms with Crippen LogP contribution in [0.1, 0.15) is 43.7 Å². The number of hydrogen-bond acceptors (Lipinski definition) is 2. The number of aromatic nitrogens is 1. The second-order valence-electron chi connectivity index (χ2n) is 7.15. The predicted octanol–water partition coefficient (Wildman–Crippen LogP) is 3.02. The van der Waals surface area contributed by atoms with Gasteiger partial charge in [0.05, 0.1) is 11.1 Å². The van der Waals surface area contributed by atoms with Gasteiger partial charge in [0.15, 0.2) is 0 Å². The Morgan fingerprint density at radius 1 is 1.24 bits per heavy atom. The minimum absolute atomic E-state index is 0.129. The van der Waals surface area contributed by atoms with Gasteiger partial charge in [-0.2, -0.15) is 0 Å². The van der Waals surface area contributed by atoms with Crippen molar-refractivity contribution in [2.24, 2.45) is 5.92 Å². The lowest BCUT2D eigenvalue weighted by molar-refractivity contribution is -0.0717. The lowest BCUT2D eigenvalue weighted by Gasteiger charge is -2.56. The summed E-state index contributed by atoms with van der Waals surface area (Å²) in [6.45, 7) is 4.81. The van der Waals surface area contributed by atoms with Crippen LogP contribution >= 0.6 is 0 Å². The Kier molecular flexibility index (Phi) is 2.28. The predicted molar refractivity (Wildman–Crippen MR) is 83.2 cm³/mol. The van der Waals surface area contributed by atoms with Crippen molar-refractivity contribution in [2.75, 3.05) is 13.1 Å². The molecule has 0 saturated carbocycles. The van der Waals surface area contributed by atoms with Crippen molar-refractivity contribution in [3.05, 3.63) is 35.5 Å². The zero-order valence-electron chi connectivity index (χ0n) is 12.5. The Morgan fingerprint density at radius 2 is 2.10 bits per heavy atom. The maximum atomic E-state index is 10.8. The number of benzene rings is 1. The molecule has 0 amide bonds. The highest BCUT2D eigenvalue weighted by Gasteiger charge is 2.52. The van der Waals surface area contributed by atoms with Crippen molar-refractivity contribution >= 4 is 10.9 Å². The Balaban J connectivity index is 1.90.